The van der Waals surface area contributed by atoms with Crippen LogP contribution < -0.4 is 5.73 Å². The van der Waals surface area contributed by atoms with Gasteiger partial charge in [0.25, 0.3) is 0 Å². The van der Waals surface area contributed by atoms with Crippen molar-refractivity contribution in [1.82, 2.24) is 0 Å². The van der Waals surface area contributed by atoms with Gasteiger partial charge >= 0.3 is 19.8 Å². The van der Waals surface area contributed by atoms with E-state index in [0.29, 0.717) is 19.3 Å². The minimum Gasteiger partial charge on any atom is -0.461 e. The van der Waals surface area contributed by atoms with Crippen LogP contribution in [0.25, 0.3) is 0 Å². The summed E-state index contributed by atoms with van der Waals surface area (Å²) in [7, 11) is -4.47. The van der Waals surface area contributed by atoms with Crippen molar-refractivity contribution in [1.29, 1.82) is 0 Å². The van der Waals surface area contributed by atoms with Crippen LogP contribution in [-0.4, -0.2) is 82.9 Å². The third kappa shape index (κ3) is 25.4. The fourth-order valence-electron chi connectivity index (χ4n) is 5.71. The largest absolute Gasteiger partial charge is 0.472 e. The van der Waals surface area contributed by atoms with Gasteiger partial charge in [0, 0.05) is 25.3 Å². The van der Waals surface area contributed by atoms with Gasteiger partial charge in [-0.1, -0.05) is 106 Å². The van der Waals surface area contributed by atoms with E-state index in [1.54, 1.807) is 24.3 Å². The molecule has 0 bridgehead atoms. The Bertz CT molecular complexity index is 1230. The van der Waals surface area contributed by atoms with Gasteiger partial charge in [-0.3, -0.25) is 18.6 Å². The SMILES string of the molecule is CC/C=C\C/C=C\C/C=C\C/C=C\CCCCC(=O)O[C@H](COC(=O)C/C=C\C[C@H]1[C@@H](/C=C/[C@H](O)CCCCC)[C@H](O)C[C@@H]1O)COP(=O)(O)OCCN. The molecule has 7 atom stereocenters. The Morgan fingerprint density at radius 3 is 2.19 bits per heavy atom. The molecule has 1 saturated carbocycles. The maximum Gasteiger partial charge on any atom is 0.472 e. The Hall–Kier alpha value is -2.67. The van der Waals surface area contributed by atoms with Crippen molar-refractivity contribution >= 4 is 19.8 Å². The molecule has 13 heteroatoms. The molecule has 0 heterocycles. The van der Waals surface area contributed by atoms with E-state index in [1.165, 1.54) is 0 Å². The minimum atomic E-state index is -4.47. The van der Waals surface area contributed by atoms with Crippen LogP contribution in [0.1, 0.15) is 110 Å². The number of aliphatic hydroxyl groups excluding tert-OH is 3. The number of nitrogens with two attached hydrogens (primary N) is 1. The number of rotatable bonds is 31. The van der Waals surface area contributed by atoms with Crippen LogP contribution >= 0.6 is 7.82 Å². The molecule has 6 N–H and O–H groups in total. The molecule has 12 nitrogen and oxygen atoms in total. The van der Waals surface area contributed by atoms with Crippen molar-refractivity contribution in [3.05, 3.63) is 72.9 Å². The van der Waals surface area contributed by atoms with Crippen LogP contribution in [0.15, 0.2) is 72.9 Å². The highest BCUT2D eigenvalue weighted by Gasteiger charge is 2.39. The molecule has 308 valence electrons. The Morgan fingerprint density at radius 2 is 1.52 bits per heavy atom. The van der Waals surface area contributed by atoms with Gasteiger partial charge in [-0.05, 0) is 63.7 Å². The van der Waals surface area contributed by atoms with E-state index in [1.807, 2.05) is 0 Å². The average Bonchev–Trinajstić information content (AvgIpc) is 3.41. The topological polar surface area (TPSA) is 195 Å². The van der Waals surface area contributed by atoms with Crippen molar-refractivity contribution in [2.75, 3.05) is 26.4 Å². The number of hydrogen-bond acceptors (Lipinski definition) is 11. The molecule has 0 amide bonds. The second kappa shape index (κ2) is 31.5. The first-order valence-corrected chi connectivity index (χ1v) is 21.2. The smallest absolute Gasteiger partial charge is 0.461 e. The third-order valence-electron chi connectivity index (χ3n) is 8.68. The van der Waals surface area contributed by atoms with Gasteiger partial charge in [-0.2, -0.15) is 0 Å². The zero-order valence-electron chi connectivity index (χ0n) is 32.5. The number of carbonyl (C=O) groups is 2. The molecule has 0 spiro atoms. The Kier molecular flexibility index (Phi) is 28.8. The average molecular weight is 782 g/mol. The molecule has 0 saturated heterocycles. The van der Waals surface area contributed by atoms with Gasteiger partial charge < -0.3 is 35.4 Å². The molecule has 1 unspecified atom stereocenters. The third-order valence-corrected chi connectivity index (χ3v) is 9.66. The van der Waals surface area contributed by atoms with Crippen LogP contribution in [0, 0.1) is 11.8 Å². The monoisotopic (exact) mass is 781 g/mol. The summed E-state index contributed by atoms with van der Waals surface area (Å²) in [6.45, 7) is 3.05. The Morgan fingerprint density at radius 1 is 0.833 bits per heavy atom. The van der Waals surface area contributed by atoms with Crippen LogP contribution in [0.4, 0.5) is 0 Å². The summed E-state index contributed by atoms with van der Waals surface area (Å²) in [5, 5.41) is 31.2. The molecule has 0 aliphatic heterocycles. The molecule has 0 aromatic rings. The highest BCUT2D eigenvalue weighted by atomic mass is 31.2. The first kappa shape index (κ1) is 49.3. The zero-order chi connectivity index (χ0) is 39.9. The number of hydrogen-bond donors (Lipinski definition) is 5. The van der Waals surface area contributed by atoms with Gasteiger partial charge in [0.2, 0.25) is 0 Å². The number of allylic oxidation sites excluding steroid dienone is 9. The lowest BCUT2D eigenvalue weighted by Crippen LogP contribution is -2.29. The number of phosphoric acid groups is 1. The Balaban J connectivity index is 2.54. The molecule has 1 aliphatic rings. The minimum absolute atomic E-state index is 0.00172. The number of esters is 2. The van der Waals surface area contributed by atoms with Crippen LogP contribution in [-0.2, 0) is 32.7 Å². The second-order valence-corrected chi connectivity index (χ2v) is 14.9. The van der Waals surface area contributed by atoms with Gasteiger partial charge in [-0.25, -0.2) is 4.57 Å². The first-order valence-electron chi connectivity index (χ1n) is 19.7. The molecular formula is C41H68NO11P. The lowest BCUT2D eigenvalue weighted by molar-refractivity contribution is -0.160. The normalized spacial score (nSPS) is 21.7. The number of unbranched alkanes of at least 4 members (excludes halogenated alkanes) is 4. The van der Waals surface area contributed by atoms with Gasteiger partial charge in [0.05, 0.1) is 37.9 Å². The van der Waals surface area contributed by atoms with Crippen LogP contribution in [0.3, 0.4) is 0 Å². The maximum absolute atomic E-state index is 12.6. The molecule has 1 rings (SSSR count). The zero-order valence-corrected chi connectivity index (χ0v) is 33.4. The number of carbonyl (C=O) groups excluding carboxylic acids is 2. The fraction of sp³-hybridized carbons (Fsp3) is 0.659. The van der Waals surface area contributed by atoms with Crippen molar-refractivity contribution in [2.45, 2.75) is 135 Å². The van der Waals surface area contributed by atoms with Crippen molar-refractivity contribution in [3.8, 4) is 0 Å². The highest BCUT2D eigenvalue weighted by Crippen LogP contribution is 2.43. The summed E-state index contributed by atoms with van der Waals surface area (Å²) in [5.41, 5.74) is 5.32. The fourth-order valence-corrected chi connectivity index (χ4v) is 6.48. The first-order chi connectivity index (χ1) is 26.0. The summed E-state index contributed by atoms with van der Waals surface area (Å²) < 4.78 is 32.6. The van der Waals surface area contributed by atoms with E-state index in [4.69, 9.17) is 24.3 Å². The molecule has 0 aromatic carbocycles. The van der Waals surface area contributed by atoms with Crippen molar-refractivity contribution in [2.24, 2.45) is 17.6 Å². The quantitative estimate of drug-likeness (QED) is 0.0208. The van der Waals surface area contributed by atoms with E-state index in [9.17, 15) is 34.4 Å². The van der Waals surface area contributed by atoms with E-state index in [0.717, 1.165) is 57.8 Å². The van der Waals surface area contributed by atoms with Gasteiger partial charge in [0.1, 0.15) is 6.61 Å². The molecule has 54 heavy (non-hydrogen) atoms. The molecule has 1 aliphatic carbocycles. The predicted octanol–water partition coefficient (Wildman–Crippen LogP) is 7.09. The number of ether oxygens (including phenoxy) is 2. The summed E-state index contributed by atoms with van der Waals surface area (Å²) in [6, 6.07) is 0. The molecule has 1 fully saturated rings. The van der Waals surface area contributed by atoms with E-state index in [2.05, 4.69) is 62.5 Å². The standard InChI is InChI=1S/C41H68NO11P/c1-3-5-7-8-9-10-11-12-13-14-15-16-17-18-20-26-41(47)53-35(33-52-54(48,49)51-30-29-42)32-50-40(46)25-22-21-24-36-37(39(45)31-38(36)44)28-27-34(43)23-19-6-4-2/h5,7,9-10,12-13,15-16,21-22,27-28,34-39,43-45H,3-4,6,8,11,14,17-20,23-26,29-33,42H2,1-2H3,(H,48,49)/b7-5-,10-9-,13-12-,16-15-,22-21-,28-27+/t34-,35-,36+,37-,38+,39-/m1/s1. The maximum atomic E-state index is 12.6. The Labute approximate surface area is 323 Å². The predicted molar refractivity (Wildman–Crippen MR) is 212 cm³/mol. The lowest BCUT2D eigenvalue weighted by Gasteiger charge is -2.20. The number of aliphatic hydroxyl groups is 3. The molecule has 0 aromatic heterocycles. The van der Waals surface area contributed by atoms with Crippen LogP contribution in [0.5, 0.6) is 0 Å². The summed E-state index contributed by atoms with van der Waals surface area (Å²) >= 11 is 0. The molecular weight excluding hydrogens is 713 g/mol. The summed E-state index contributed by atoms with van der Waals surface area (Å²) in [5.74, 6) is -1.80. The summed E-state index contributed by atoms with van der Waals surface area (Å²) in [4.78, 5) is 35.0. The van der Waals surface area contributed by atoms with Crippen LogP contribution in [0.2, 0.25) is 0 Å². The van der Waals surface area contributed by atoms with E-state index in [-0.39, 0.29) is 44.2 Å². The van der Waals surface area contributed by atoms with Gasteiger partial charge in [0.15, 0.2) is 6.10 Å². The molecule has 0 radical (unpaired) electrons. The lowest BCUT2D eigenvalue weighted by atomic mass is 9.89. The summed E-state index contributed by atoms with van der Waals surface area (Å²) in [6.07, 6.45) is 30.7. The number of phosphoric ester groups is 1. The highest BCUT2D eigenvalue weighted by molar-refractivity contribution is 7.47. The van der Waals surface area contributed by atoms with E-state index < -0.39 is 57.4 Å². The van der Waals surface area contributed by atoms with Crippen molar-refractivity contribution < 1.29 is 52.9 Å². The van der Waals surface area contributed by atoms with E-state index >= 15 is 0 Å². The second-order valence-electron chi connectivity index (χ2n) is 13.4. The van der Waals surface area contributed by atoms with Gasteiger partial charge in [-0.15, -0.1) is 0 Å². The van der Waals surface area contributed by atoms with Crippen molar-refractivity contribution in [3.63, 3.8) is 0 Å².